The van der Waals surface area contributed by atoms with E-state index in [2.05, 4.69) is 0 Å². The lowest BCUT2D eigenvalue weighted by molar-refractivity contribution is -0.107. The molecule has 0 aliphatic heterocycles. The molecule has 0 saturated carbocycles. The fourth-order valence-corrected chi connectivity index (χ4v) is 1.80. The van der Waals surface area contributed by atoms with Crippen LogP contribution in [0.4, 0.5) is 0 Å². The van der Waals surface area contributed by atoms with Crippen LogP contribution in [0.1, 0.15) is 23.8 Å². The molecule has 1 aromatic carbocycles. The van der Waals surface area contributed by atoms with Crippen molar-refractivity contribution in [3.63, 3.8) is 0 Å². The van der Waals surface area contributed by atoms with Gasteiger partial charge in [0.25, 0.3) is 0 Å². The topological polar surface area (TPSA) is 26.3 Å². The third-order valence-corrected chi connectivity index (χ3v) is 2.76. The van der Waals surface area contributed by atoms with Crippen molar-refractivity contribution < 1.29 is 9.53 Å². The molecule has 1 unspecified atom stereocenters. The molecule has 0 amide bonds. The number of aldehydes is 1. The SMILES string of the molecule is COc1ccc(Cl)cc1C(Cl)CCC=O. The van der Waals surface area contributed by atoms with Gasteiger partial charge in [0.1, 0.15) is 12.0 Å². The number of ether oxygens (including phenoxy) is 1. The monoisotopic (exact) mass is 246 g/mol. The number of benzene rings is 1. The van der Waals surface area contributed by atoms with Gasteiger partial charge in [-0.05, 0) is 24.6 Å². The summed E-state index contributed by atoms with van der Waals surface area (Å²) in [6.45, 7) is 0. The minimum Gasteiger partial charge on any atom is -0.496 e. The molecule has 0 fully saturated rings. The zero-order valence-electron chi connectivity index (χ0n) is 8.37. The van der Waals surface area contributed by atoms with Crippen LogP contribution < -0.4 is 4.74 Å². The van der Waals surface area contributed by atoms with Gasteiger partial charge < -0.3 is 9.53 Å². The lowest BCUT2D eigenvalue weighted by Crippen LogP contribution is -1.96. The predicted molar refractivity (Wildman–Crippen MR) is 61.9 cm³/mol. The summed E-state index contributed by atoms with van der Waals surface area (Å²) >= 11 is 12.0. The van der Waals surface area contributed by atoms with Crippen LogP contribution in [0.15, 0.2) is 18.2 Å². The molecular formula is C11H12Cl2O2. The van der Waals surface area contributed by atoms with Gasteiger partial charge in [0.15, 0.2) is 0 Å². The lowest BCUT2D eigenvalue weighted by atomic mass is 10.1. The van der Waals surface area contributed by atoms with Crippen LogP contribution in [0.2, 0.25) is 5.02 Å². The summed E-state index contributed by atoms with van der Waals surface area (Å²) < 4.78 is 5.17. The van der Waals surface area contributed by atoms with Gasteiger partial charge in [-0.1, -0.05) is 11.6 Å². The molecule has 0 heterocycles. The molecule has 0 aliphatic carbocycles. The Balaban J connectivity index is 2.89. The Kier molecular flexibility index (Phi) is 4.92. The summed E-state index contributed by atoms with van der Waals surface area (Å²) in [6.07, 6.45) is 1.87. The van der Waals surface area contributed by atoms with E-state index in [9.17, 15) is 4.79 Å². The first-order chi connectivity index (χ1) is 7.19. The Bertz CT molecular complexity index is 339. The first kappa shape index (κ1) is 12.3. The number of hydrogen-bond donors (Lipinski definition) is 0. The predicted octanol–water partition coefficient (Wildman–Crippen LogP) is 3.61. The van der Waals surface area contributed by atoms with Crippen LogP contribution in [0.5, 0.6) is 5.75 Å². The largest absolute Gasteiger partial charge is 0.496 e. The highest BCUT2D eigenvalue weighted by Crippen LogP contribution is 2.34. The molecule has 82 valence electrons. The van der Waals surface area contributed by atoms with E-state index in [1.54, 1.807) is 25.3 Å². The second-order valence-electron chi connectivity index (χ2n) is 3.10. The number of carbonyl (C=O) groups excluding carboxylic acids is 1. The van der Waals surface area contributed by atoms with Gasteiger partial charge in [-0.3, -0.25) is 0 Å². The summed E-state index contributed by atoms with van der Waals surface area (Å²) in [5.74, 6) is 0.699. The zero-order valence-corrected chi connectivity index (χ0v) is 9.89. The third kappa shape index (κ3) is 3.40. The molecule has 1 aromatic rings. The van der Waals surface area contributed by atoms with Crippen LogP contribution in [-0.4, -0.2) is 13.4 Å². The molecule has 1 rings (SSSR count). The number of alkyl halides is 1. The Morgan fingerprint density at radius 1 is 1.53 bits per heavy atom. The molecule has 4 heteroatoms. The van der Waals surface area contributed by atoms with Crippen molar-refractivity contribution in [3.05, 3.63) is 28.8 Å². The van der Waals surface area contributed by atoms with Crippen LogP contribution in [0.3, 0.4) is 0 Å². The van der Waals surface area contributed by atoms with Crippen molar-refractivity contribution in [2.24, 2.45) is 0 Å². The first-order valence-corrected chi connectivity index (χ1v) is 5.41. The fraction of sp³-hybridized carbons (Fsp3) is 0.364. The average Bonchev–Trinajstić information content (AvgIpc) is 2.25. The van der Waals surface area contributed by atoms with Crippen molar-refractivity contribution in [2.75, 3.05) is 7.11 Å². The first-order valence-electron chi connectivity index (χ1n) is 4.60. The van der Waals surface area contributed by atoms with E-state index in [1.807, 2.05) is 0 Å². The average molecular weight is 247 g/mol. The van der Waals surface area contributed by atoms with Crippen molar-refractivity contribution in [3.8, 4) is 5.75 Å². The molecule has 1 atom stereocenters. The van der Waals surface area contributed by atoms with Crippen LogP contribution in [0.25, 0.3) is 0 Å². The van der Waals surface area contributed by atoms with E-state index in [0.717, 1.165) is 11.8 Å². The molecule has 0 bridgehead atoms. The summed E-state index contributed by atoms with van der Waals surface area (Å²) in [7, 11) is 1.58. The van der Waals surface area contributed by atoms with Crippen molar-refractivity contribution >= 4 is 29.5 Å². The number of rotatable bonds is 5. The van der Waals surface area contributed by atoms with E-state index in [0.29, 0.717) is 23.6 Å². The molecule has 0 radical (unpaired) electrons. The van der Waals surface area contributed by atoms with E-state index in [1.165, 1.54) is 0 Å². The summed E-state index contributed by atoms with van der Waals surface area (Å²) in [5.41, 5.74) is 0.827. The van der Waals surface area contributed by atoms with Crippen LogP contribution in [-0.2, 0) is 4.79 Å². The quantitative estimate of drug-likeness (QED) is 0.586. The van der Waals surface area contributed by atoms with Crippen LogP contribution >= 0.6 is 23.2 Å². The minimum atomic E-state index is -0.246. The van der Waals surface area contributed by atoms with Gasteiger partial charge in [0, 0.05) is 17.0 Å². The van der Waals surface area contributed by atoms with E-state index < -0.39 is 0 Å². The highest BCUT2D eigenvalue weighted by Gasteiger charge is 2.13. The molecule has 0 spiro atoms. The van der Waals surface area contributed by atoms with Gasteiger partial charge >= 0.3 is 0 Å². The molecule has 15 heavy (non-hydrogen) atoms. The van der Waals surface area contributed by atoms with Crippen molar-refractivity contribution in [1.29, 1.82) is 0 Å². The van der Waals surface area contributed by atoms with Crippen LogP contribution in [0, 0.1) is 0 Å². The van der Waals surface area contributed by atoms with Gasteiger partial charge in [-0.15, -0.1) is 11.6 Å². The number of carbonyl (C=O) groups is 1. The standard InChI is InChI=1S/C11H12Cl2O2/c1-15-11-5-4-8(12)7-9(11)10(13)3-2-6-14/h4-7,10H,2-3H2,1H3. The summed E-state index contributed by atoms with van der Waals surface area (Å²) in [6, 6.07) is 5.28. The second-order valence-corrected chi connectivity index (χ2v) is 4.06. The molecule has 0 aromatic heterocycles. The number of halogens is 2. The van der Waals surface area contributed by atoms with E-state index >= 15 is 0 Å². The minimum absolute atomic E-state index is 0.246. The molecule has 0 aliphatic rings. The van der Waals surface area contributed by atoms with E-state index in [-0.39, 0.29) is 5.38 Å². The Morgan fingerprint density at radius 3 is 2.87 bits per heavy atom. The van der Waals surface area contributed by atoms with E-state index in [4.69, 9.17) is 27.9 Å². The Hall–Kier alpha value is -0.730. The normalized spacial score (nSPS) is 12.2. The van der Waals surface area contributed by atoms with Gasteiger partial charge in [0.05, 0.1) is 12.5 Å². The number of hydrogen-bond acceptors (Lipinski definition) is 2. The Morgan fingerprint density at radius 2 is 2.27 bits per heavy atom. The molecule has 0 N–H and O–H groups in total. The van der Waals surface area contributed by atoms with Gasteiger partial charge in [-0.2, -0.15) is 0 Å². The molecule has 2 nitrogen and oxygen atoms in total. The zero-order chi connectivity index (χ0) is 11.3. The van der Waals surface area contributed by atoms with Crippen molar-refractivity contribution in [1.82, 2.24) is 0 Å². The maximum Gasteiger partial charge on any atom is 0.123 e. The molecular weight excluding hydrogens is 235 g/mol. The lowest BCUT2D eigenvalue weighted by Gasteiger charge is -2.13. The third-order valence-electron chi connectivity index (χ3n) is 2.07. The van der Waals surface area contributed by atoms with Gasteiger partial charge in [0.2, 0.25) is 0 Å². The maximum atomic E-state index is 10.2. The summed E-state index contributed by atoms with van der Waals surface area (Å²) in [4.78, 5) is 10.2. The summed E-state index contributed by atoms with van der Waals surface area (Å²) in [5, 5.41) is 0.367. The highest BCUT2D eigenvalue weighted by atomic mass is 35.5. The van der Waals surface area contributed by atoms with Crippen molar-refractivity contribution in [2.45, 2.75) is 18.2 Å². The Labute approximate surface area is 99.1 Å². The number of methoxy groups -OCH3 is 1. The molecule has 0 saturated heterocycles. The maximum absolute atomic E-state index is 10.2. The second kappa shape index (κ2) is 5.99. The fourth-order valence-electron chi connectivity index (χ4n) is 1.32. The van der Waals surface area contributed by atoms with Gasteiger partial charge in [-0.25, -0.2) is 0 Å². The highest BCUT2D eigenvalue weighted by molar-refractivity contribution is 6.31. The smallest absolute Gasteiger partial charge is 0.123 e.